The molecule has 4 rings (SSSR count). The summed E-state index contributed by atoms with van der Waals surface area (Å²) in [5, 5.41) is 0. The average molecular weight is 637 g/mol. The van der Waals surface area contributed by atoms with E-state index in [-0.39, 0.29) is 0 Å². The van der Waals surface area contributed by atoms with Gasteiger partial charge in [0.2, 0.25) is 0 Å². The first-order valence-corrected chi connectivity index (χ1v) is 16.5. The molecular formula is C37H46F6O2. The summed E-state index contributed by atoms with van der Waals surface area (Å²) in [6.07, 6.45) is 17.8. The SMILES string of the molecule is C/C=C/CCCCCCC1CCC(/C=C/C2CCC(c3ccc(C(F)(F)Oc4ccc(OC(F)(F)F)c(F)c4)cc3)CC2)CC1. The van der Waals surface area contributed by atoms with Gasteiger partial charge in [-0.3, -0.25) is 0 Å². The molecule has 2 aliphatic rings. The number of rotatable bonds is 14. The van der Waals surface area contributed by atoms with Crippen molar-refractivity contribution < 1.29 is 35.8 Å². The predicted molar refractivity (Wildman–Crippen MR) is 166 cm³/mol. The molecule has 0 heterocycles. The maximum absolute atomic E-state index is 14.8. The quantitative estimate of drug-likeness (QED) is 0.117. The number of benzene rings is 2. The molecule has 2 aliphatic carbocycles. The lowest BCUT2D eigenvalue weighted by atomic mass is 9.76. The fraction of sp³-hybridized carbons (Fsp3) is 0.568. The van der Waals surface area contributed by atoms with Gasteiger partial charge in [0.1, 0.15) is 5.75 Å². The molecule has 0 N–H and O–H groups in total. The van der Waals surface area contributed by atoms with Crippen LogP contribution in [-0.2, 0) is 6.11 Å². The van der Waals surface area contributed by atoms with Gasteiger partial charge in [-0.05, 0) is 125 Å². The molecule has 2 fully saturated rings. The van der Waals surface area contributed by atoms with E-state index < -0.39 is 35.4 Å². The highest BCUT2D eigenvalue weighted by molar-refractivity contribution is 5.34. The van der Waals surface area contributed by atoms with E-state index >= 15 is 0 Å². The zero-order valence-corrected chi connectivity index (χ0v) is 26.1. The number of hydrogen-bond donors (Lipinski definition) is 0. The van der Waals surface area contributed by atoms with E-state index in [0.717, 1.165) is 43.2 Å². The molecule has 0 amide bonds. The molecule has 2 aromatic carbocycles. The highest BCUT2D eigenvalue weighted by atomic mass is 19.4. The number of hydrogen-bond acceptors (Lipinski definition) is 2. The topological polar surface area (TPSA) is 18.5 Å². The first-order chi connectivity index (χ1) is 21.5. The van der Waals surface area contributed by atoms with E-state index in [0.29, 0.717) is 29.9 Å². The highest BCUT2D eigenvalue weighted by Gasteiger charge is 2.36. The molecule has 45 heavy (non-hydrogen) atoms. The van der Waals surface area contributed by atoms with Gasteiger partial charge in [-0.25, -0.2) is 4.39 Å². The van der Waals surface area contributed by atoms with Crippen molar-refractivity contribution in [2.24, 2.45) is 17.8 Å². The zero-order valence-electron chi connectivity index (χ0n) is 26.1. The van der Waals surface area contributed by atoms with Crippen molar-refractivity contribution in [1.29, 1.82) is 0 Å². The van der Waals surface area contributed by atoms with E-state index in [2.05, 4.69) is 40.7 Å². The Morgan fingerprint density at radius 2 is 1.36 bits per heavy atom. The lowest BCUT2D eigenvalue weighted by Crippen LogP contribution is -2.22. The van der Waals surface area contributed by atoms with Crippen molar-refractivity contribution in [3.8, 4) is 11.5 Å². The normalized spacial score (nSPS) is 23.1. The van der Waals surface area contributed by atoms with Gasteiger partial charge in [0.25, 0.3) is 0 Å². The van der Waals surface area contributed by atoms with Crippen LogP contribution in [0.4, 0.5) is 26.3 Å². The van der Waals surface area contributed by atoms with Crippen LogP contribution in [-0.4, -0.2) is 6.36 Å². The molecule has 0 saturated heterocycles. The van der Waals surface area contributed by atoms with Gasteiger partial charge in [0, 0.05) is 6.07 Å². The zero-order chi connectivity index (χ0) is 32.3. The van der Waals surface area contributed by atoms with Crippen molar-refractivity contribution in [3.63, 3.8) is 0 Å². The average Bonchev–Trinajstić information content (AvgIpc) is 3.01. The molecule has 2 nitrogen and oxygen atoms in total. The summed E-state index contributed by atoms with van der Waals surface area (Å²) in [6.45, 7) is 2.08. The number of ether oxygens (including phenoxy) is 2. The Morgan fingerprint density at radius 3 is 1.96 bits per heavy atom. The second-order valence-electron chi connectivity index (χ2n) is 12.7. The van der Waals surface area contributed by atoms with E-state index in [1.165, 1.54) is 76.3 Å². The third-order valence-corrected chi connectivity index (χ3v) is 9.38. The Labute approximate surface area is 263 Å². The molecule has 0 radical (unpaired) electrons. The Morgan fingerprint density at radius 1 is 0.733 bits per heavy atom. The summed E-state index contributed by atoms with van der Waals surface area (Å²) < 4.78 is 88.7. The number of allylic oxidation sites excluding steroid dienone is 4. The van der Waals surface area contributed by atoms with Gasteiger partial charge in [-0.2, -0.15) is 8.78 Å². The highest BCUT2D eigenvalue weighted by Crippen LogP contribution is 2.40. The Kier molecular flexibility index (Phi) is 12.9. The molecule has 2 saturated carbocycles. The Bertz CT molecular complexity index is 1220. The second kappa shape index (κ2) is 16.6. The van der Waals surface area contributed by atoms with Crippen molar-refractivity contribution >= 4 is 0 Å². The predicted octanol–water partition coefficient (Wildman–Crippen LogP) is 12.4. The fourth-order valence-corrected chi connectivity index (χ4v) is 6.75. The van der Waals surface area contributed by atoms with Crippen LogP contribution in [0.25, 0.3) is 0 Å². The third kappa shape index (κ3) is 11.4. The standard InChI is InChI=1S/C37H46F6O2/c1-2-3-4-5-6-7-8-9-27-10-12-28(13-11-27)14-15-29-16-18-30(19-17-29)31-20-22-32(23-21-31)36(39,40)44-33-24-25-35(34(38)26-33)45-37(41,42)43/h2-3,14-15,20-30H,4-13,16-19H2,1H3/b3-2+,15-14+. The molecule has 0 atom stereocenters. The summed E-state index contributed by atoms with van der Waals surface area (Å²) >= 11 is 0. The van der Waals surface area contributed by atoms with Gasteiger partial charge in [-0.1, -0.05) is 62.1 Å². The summed E-state index contributed by atoms with van der Waals surface area (Å²) in [6, 6.07) is 7.79. The summed E-state index contributed by atoms with van der Waals surface area (Å²) in [7, 11) is 0. The molecule has 248 valence electrons. The lowest BCUT2D eigenvalue weighted by molar-refractivity contribution is -0.275. The van der Waals surface area contributed by atoms with Crippen LogP contribution >= 0.6 is 0 Å². The summed E-state index contributed by atoms with van der Waals surface area (Å²) in [4.78, 5) is 0. The molecule has 8 heteroatoms. The minimum Gasteiger partial charge on any atom is -0.429 e. The largest absolute Gasteiger partial charge is 0.573 e. The Balaban J connectivity index is 1.17. The van der Waals surface area contributed by atoms with Crippen LogP contribution in [0.5, 0.6) is 11.5 Å². The maximum atomic E-state index is 14.8. The number of unbranched alkanes of at least 4 members (excludes halogenated alkanes) is 4. The molecule has 0 aliphatic heterocycles. The van der Waals surface area contributed by atoms with Crippen molar-refractivity contribution in [1.82, 2.24) is 0 Å². The lowest BCUT2D eigenvalue weighted by Gasteiger charge is -2.29. The Hall–Kier alpha value is -2.90. The number of alkyl halides is 5. The second-order valence-corrected chi connectivity index (χ2v) is 12.7. The van der Waals surface area contributed by atoms with Crippen LogP contribution in [0.3, 0.4) is 0 Å². The van der Waals surface area contributed by atoms with Gasteiger partial charge in [-0.15, -0.1) is 13.2 Å². The summed E-state index contributed by atoms with van der Waals surface area (Å²) in [5.74, 6) is -0.742. The van der Waals surface area contributed by atoms with Crippen LogP contribution in [0, 0.1) is 23.6 Å². The first-order valence-electron chi connectivity index (χ1n) is 16.5. The van der Waals surface area contributed by atoms with E-state index in [4.69, 9.17) is 0 Å². The maximum Gasteiger partial charge on any atom is 0.573 e. The van der Waals surface area contributed by atoms with Gasteiger partial charge in [0.15, 0.2) is 11.6 Å². The smallest absolute Gasteiger partial charge is 0.429 e. The van der Waals surface area contributed by atoms with Gasteiger partial charge < -0.3 is 9.47 Å². The minimum atomic E-state index is -5.10. The van der Waals surface area contributed by atoms with E-state index in [1.807, 2.05) is 0 Å². The third-order valence-electron chi connectivity index (χ3n) is 9.38. The molecule has 0 bridgehead atoms. The molecule has 0 unspecified atom stereocenters. The molecule has 2 aromatic rings. The molecule has 0 spiro atoms. The van der Waals surface area contributed by atoms with E-state index in [9.17, 15) is 26.3 Å². The van der Waals surface area contributed by atoms with Crippen molar-refractivity contribution in [3.05, 3.63) is 83.7 Å². The van der Waals surface area contributed by atoms with Crippen LogP contribution in [0.2, 0.25) is 0 Å². The molecule has 0 aromatic heterocycles. The fourth-order valence-electron chi connectivity index (χ4n) is 6.75. The van der Waals surface area contributed by atoms with Crippen molar-refractivity contribution in [2.75, 3.05) is 0 Å². The summed E-state index contributed by atoms with van der Waals surface area (Å²) in [5.41, 5.74) is 0.571. The van der Waals surface area contributed by atoms with Gasteiger partial charge in [0.05, 0.1) is 5.56 Å². The van der Waals surface area contributed by atoms with E-state index in [1.54, 1.807) is 12.1 Å². The van der Waals surface area contributed by atoms with Gasteiger partial charge >= 0.3 is 12.5 Å². The van der Waals surface area contributed by atoms with Crippen LogP contribution < -0.4 is 9.47 Å². The number of halogens is 6. The van der Waals surface area contributed by atoms with Crippen molar-refractivity contribution in [2.45, 2.75) is 115 Å². The molecular weight excluding hydrogens is 590 g/mol. The minimum absolute atomic E-state index is 0.298. The van der Waals surface area contributed by atoms with Crippen LogP contribution in [0.15, 0.2) is 66.8 Å². The van der Waals surface area contributed by atoms with Crippen LogP contribution in [0.1, 0.15) is 114 Å². The first kappa shape index (κ1) is 35.0. The monoisotopic (exact) mass is 636 g/mol.